The second-order valence-corrected chi connectivity index (χ2v) is 4.47. The molecule has 1 heterocycles. The second kappa shape index (κ2) is 7.29. The minimum Gasteiger partial charge on any atom is -0.330 e. The standard InChI is InChI=1S/C11H20N4O.ClH/c1-8(2)6-15-7-10(5-13-15)14-11(16)9(3)4-12;/h5,7-9H,4,6,12H2,1-3H3,(H,14,16);1H. The third-order valence-electron chi connectivity index (χ3n) is 2.25. The van der Waals surface area contributed by atoms with Gasteiger partial charge in [-0.05, 0) is 5.92 Å². The monoisotopic (exact) mass is 260 g/mol. The first-order valence-corrected chi connectivity index (χ1v) is 5.56. The van der Waals surface area contributed by atoms with E-state index in [1.54, 1.807) is 13.1 Å². The number of anilines is 1. The average molecular weight is 261 g/mol. The molecule has 1 rings (SSSR count). The molecule has 1 unspecified atom stereocenters. The second-order valence-electron chi connectivity index (χ2n) is 4.47. The predicted octanol–water partition coefficient (Wildman–Crippen LogP) is 1.49. The lowest BCUT2D eigenvalue weighted by Gasteiger charge is -2.07. The highest BCUT2D eigenvalue weighted by Crippen LogP contribution is 2.08. The number of nitrogens with one attached hydrogen (secondary N) is 1. The van der Waals surface area contributed by atoms with Gasteiger partial charge in [0.2, 0.25) is 5.91 Å². The topological polar surface area (TPSA) is 72.9 Å². The number of aromatic nitrogens is 2. The number of halogens is 1. The molecule has 0 bridgehead atoms. The van der Waals surface area contributed by atoms with E-state index in [9.17, 15) is 4.79 Å². The van der Waals surface area contributed by atoms with E-state index >= 15 is 0 Å². The Morgan fingerprint density at radius 3 is 2.71 bits per heavy atom. The maximum Gasteiger partial charge on any atom is 0.228 e. The van der Waals surface area contributed by atoms with Crippen molar-refractivity contribution in [3.05, 3.63) is 12.4 Å². The molecule has 0 fully saturated rings. The minimum atomic E-state index is -0.173. The Morgan fingerprint density at radius 1 is 1.53 bits per heavy atom. The van der Waals surface area contributed by atoms with Crippen molar-refractivity contribution in [3.8, 4) is 0 Å². The van der Waals surface area contributed by atoms with Crippen LogP contribution in [0.5, 0.6) is 0 Å². The molecule has 1 atom stereocenters. The number of hydrogen-bond donors (Lipinski definition) is 2. The van der Waals surface area contributed by atoms with Crippen molar-refractivity contribution < 1.29 is 4.79 Å². The van der Waals surface area contributed by atoms with Crippen molar-refractivity contribution in [2.75, 3.05) is 11.9 Å². The lowest BCUT2D eigenvalue weighted by molar-refractivity contribution is -0.119. The van der Waals surface area contributed by atoms with Crippen LogP contribution in [0.4, 0.5) is 5.69 Å². The lowest BCUT2D eigenvalue weighted by Crippen LogP contribution is -2.26. The summed E-state index contributed by atoms with van der Waals surface area (Å²) in [4.78, 5) is 11.5. The molecule has 0 saturated carbocycles. The van der Waals surface area contributed by atoms with Gasteiger partial charge >= 0.3 is 0 Å². The van der Waals surface area contributed by atoms with Crippen molar-refractivity contribution in [1.29, 1.82) is 0 Å². The summed E-state index contributed by atoms with van der Waals surface area (Å²) in [5.41, 5.74) is 6.14. The number of nitrogens with zero attached hydrogens (tertiary/aromatic N) is 2. The summed E-state index contributed by atoms with van der Waals surface area (Å²) in [6, 6.07) is 0. The number of nitrogens with two attached hydrogens (primary N) is 1. The summed E-state index contributed by atoms with van der Waals surface area (Å²) in [5, 5.41) is 6.95. The van der Waals surface area contributed by atoms with Crippen LogP contribution in [0.25, 0.3) is 0 Å². The van der Waals surface area contributed by atoms with Crippen molar-refractivity contribution >= 4 is 24.0 Å². The first-order valence-electron chi connectivity index (χ1n) is 5.56. The van der Waals surface area contributed by atoms with Gasteiger partial charge in [-0.3, -0.25) is 9.48 Å². The maximum atomic E-state index is 11.5. The van der Waals surface area contributed by atoms with E-state index in [-0.39, 0.29) is 24.2 Å². The zero-order chi connectivity index (χ0) is 12.1. The molecule has 0 aromatic carbocycles. The molecule has 98 valence electrons. The molecule has 1 aromatic heterocycles. The maximum absolute atomic E-state index is 11.5. The van der Waals surface area contributed by atoms with Gasteiger partial charge < -0.3 is 11.1 Å². The van der Waals surface area contributed by atoms with Crippen LogP contribution in [0.1, 0.15) is 20.8 Å². The quantitative estimate of drug-likeness (QED) is 0.843. The molecular weight excluding hydrogens is 240 g/mol. The summed E-state index contributed by atoms with van der Waals surface area (Å²) in [6.07, 6.45) is 3.49. The highest BCUT2D eigenvalue weighted by atomic mass is 35.5. The van der Waals surface area contributed by atoms with E-state index in [2.05, 4.69) is 24.3 Å². The van der Waals surface area contributed by atoms with Crippen LogP contribution in [0.2, 0.25) is 0 Å². The van der Waals surface area contributed by atoms with Crippen LogP contribution in [0, 0.1) is 11.8 Å². The van der Waals surface area contributed by atoms with Crippen LogP contribution in [-0.2, 0) is 11.3 Å². The Morgan fingerprint density at radius 2 is 2.18 bits per heavy atom. The van der Waals surface area contributed by atoms with E-state index in [4.69, 9.17) is 5.73 Å². The fourth-order valence-electron chi connectivity index (χ4n) is 1.27. The Kier molecular flexibility index (Phi) is 6.83. The van der Waals surface area contributed by atoms with Gasteiger partial charge in [0.1, 0.15) is 0 Å². The number of carbonyl (C=O) groups excluding carboxylic acids is 1. The molecule has 6 heteroatoms. The molecule has 1 amide bonds. The van der Waals surface area contributed by atoms with E-state index in [0.29, 0.717) is 12.5 Å². The molecule has 1 aromatic rings. The van der Waals surface area contributed by atoms with Gasteiger partial charge in [0.25, 0.3) is 0 Å². The normalized spacial score (nSPS) is 12.1. The Bertz CT molecular complexity index is 351. The smallest absolute Gasteiger partial charge is 0.228 e. The molecule has 0 aliphatic carbocycles. The molecule has 0 aliphatic rings. The van der Waals surface area contributed by atoms with E-state index in [0.717, 1.165) is 12.2 Å². The van der Waals surface area contributed by atoms with Gasteiger partial charge in [0.05, 0.1) is 11.9 Å². The van der Waals surface area contributed by atoms with E-state index in [1.807, 2.05) is 10.9 Å². The fraction of sp³-hybridized carbons (Fsp3) is 0.636. The molecular formula is C11H21ClN4O. The SMILES string of the molecule is CC(C)Cn1cc(NC(=O)C(C)CN)cn1.Cl. The Hall–Kier alpha value is -1.07. The van der Waals surface area contributed by atoms with Crippen molar-refractivity contribution in [1.82, 2.24) is 9.78 Å². The minimum absolute atomic E-state index is 0. The van der Waals surface area contributed by atoms with Gasteiger partial charge in [0.15, 0.2) is 0 Å². The van der Waals surface area contributed by atoms with E-state index < -0.39 is 0 Å². The molecule has 5 nitrogen and oxygen atoms in total. The van der Waals surface area contributed by atoms with Gasteiger partial charge in [-0.1, -0.05) is 20.8 Å². The lowest BCUT2D eigenvalue weighted by atomic mass is 10.2. The summed E-state index contributed by atoms with van der Waals surface area (Å²) in [7, 11) is 0. The van der Waals surface area contributed by atoms with Crippen LogP contribution in [0.3, 0.4) is 0 Å². The van der Waals surface area contributed by atoms with Crippen LogP contribution in [-0.4, -0.2) is 22.2 Å². The third kappa shape index (κ3) is 5.19. The van der Waals surface area contributed by atoms with Crippen molar-refractivity contribution in [2.24, 2.45) is 17.6 Å². The Labute approximate surface area is 108 Å². The molecule has 3 N–H and O–H groups in total. The average Bonchev–Trinajstić information content (AvgIpc) is 2.63. The summed E-state index contributed by atoms with van der Waals surface area (Å²) in [5.74, 6) is 0.298. The molecule has 0 aliphatic heterocycles. The van der Waals surface area contributed by atoms with Crippen molar-refractivity contribution in [2.45, 2.75) is 27.3 Å². The molecule has 0 saturated heterocycles. The Balaban J connectivity index is 0.00000256. The van der Waals surface area contributed by atoms with Gasteiger partial charge in [-0.2, -0.15) is 5.10 Å². The summed E-state index contributed by atoms with van der Waals surface area (Å²) < 4.78 is 1.83. The summed E-state index contributed by atoms with van der Waals surface area (Å²) in [6.45, 7) is 7.25. The third-order valence-corrected chi connectivity index (χ3v) is 2.25. The van der Waals surface area contributed by atoms with Crippen LogP contribution in [0.15, 0.2) is 12.4 Å². The zero-order valence-electron chi connectivity index (χ0n) is 10.5. The van der Waals surface area contributed by atoms with E-state index in [1.165, 1.54) is 0 Å². The zero-order valence-corrected chi connectivity index (χ0v) is 11.3. The van der Waals surface area contributed by atoms with Gasteiger partial charge in [-0.15, -0.1) is 12.4 Å². The fourth-order valence-corrected chi connectivity index (χ4v) is 1.27. The van der Waals surface area contributed by atoms with Crippen LogP contribution < -0.4 is 11.1 Å². The summed E-state index contributed by atoms with van der Waals surface area (Å²) >= 11 is 0. The van der Waals surface area contributed by atoms with Crippen molar-refractivity contribution in [3.63, 3.8) is 0 Å². The molecule has 17 heavy (non-hydrogen) atoms. The number of carbonyl (C=O) groups is 1. The highest BCUT2D eigenvalue weighted by Gasteiger charge is 2.11. The van der Waals surface area contributed by atoms with Crippen LogP contribution >= 0.6 is 12.4 Å². The van der Waals surface area contributed by atoms with Gasteiger partial charge in [-0.25, -0.2) is 0 Å². The number of hydrogen-bond acceptors (Lipinski definition) is 3. The largest absolute Gasteiger partial charge is 0.330 e. The molecule has 0 radical (unpaired) electrons. The highest BCUT2D eigenvalue weighted by molar-refractivity contribution is 5.92. The number of rotatable bonds is 5. The first-order chi connectivity index (χ1) is 7.52. The molecule has 0 spiro atoms. The van der Waals surface area contributed by atoms with Gasteiger partial charge in [0, 0.05) is 25.2 Å². The number of amides is 1. The first kappa shape index (κ1) is 15.9. The predicted molar refractivity (Wildman–Crippen MR) is 71.2 cm³/mol.